The molecule has 124 valence electrons. The Morgan fingerprint density at radius 1 is 1.30 bits per heavy atom. The van der Waals surface area contributed by atoms with E-state index in [9.17, 15) is 18.0 Å². The molecule has 0 N–H and O–H groups in total. The Labute approximate surface area is 134 Å². The van der Waals surface area contributed by atoms with Gasteiger partial charge in [-0.25, -0.2) is 4.79 Å². The summed E-state index contributed by atoms with van der Waals surface area (Å²) < 4.78 is 45.4. The van der Waals surface area contributed by atoms with Gasteiger partial charge >= 0.3 is 12.1 Å². The van der Waals surface area contributed by atoms with Crippen LogP contribution in [0.4, 0.5) is 13.2 Å². The summed E-state index contributed by atoms with van der Waals surface area (Å²) in [6, 6.07) is 1.93. The van der Waals surface area contributed by atoms with Crippen LogP contribution in [0.5, 0.6) is 0 Å². The molecule has 0 bridgehead atoms. The van der Waals surface area contributed by atoms with Gasteiger partial charge in [0.15, 0.2) is 10.8 Å². The topological polar surface area (TPSA) is 56.5 Å². The van der Waals surface area contributed by atoms with Crippen LogP contribution in [0.25, 0.3) is 5.65 Å². The van der Waals surface area contributed by atoms with Crippen molar-refractivity contribution in [2.75, 3.05) is 7.11 Å². The molecule has 0 aliphatic heterocycles. The van der Waals surface area contributed by atoms with Gasteiger partial charge in [-0.3, -0.25) is 4.40 Å². The highest BCUT2D eigenvalue weighted by Crippen LogP contribution is 2.37. The van der Waals surface area contributed by atoms with E-state index in [2.05, 4.69) is 14.9 Å². The highest BCUT2D eigenvalue weighted by molar-refractivity contribution is 7.99. The number of methoxy groups -OCH3 is 1. The number of rotatable bonds is 3. The molecule has 5 nitrogen and oxygen atoms in total. The predicted octanol–water partition coefficient (Wildman–Crippen LogP) is 3.57. The number of aromatic nitrogens is 3. The van der Waals surface area contributed by atoms with Gasteiger partial charge in [0.2, 0.25) is 0 Å². The summed E-state index contributed by atoms with van der Waals surface area (Å²) >= 11 is 1.28. The third-order valence-electron chi connectivity index (χ3n) is 3.79. The molecule has 2 heterocycles. The van der Waals surface area contributed by atoms with Crippen LogP contribution < -0.4 is 0 Å². The predicted molar refractivity (Wildman–Crippen MR) is 77.4 cm³/mol. The molecule has 1 fully saturated rings. The van der Waals surface area contributed by atoms with Gasteiger partial charge in [-0.2, -0.15) is 13.2 Å². The van der Waals surface area contributed by atoms with Crippen molar-refractivity contribution in [3.05, 3.63) is 23.4 Å². The van der Waals surface area contributed by atoms with E-state index >= 15 is 0 Å². The number of ether oxygens (including phenoxy) is 1. The molecule has 0 spiro atoms. The van der Waals surface area contributed by atoms with Gasteiger partial charge in [0.1, 0.15) is 11.3 Å². The van der Waals surface area contributed by atoms with Gasteiger partial charge in [-0.1, -0.05) is 24.6 Å². The van der Waals surface area contributed by atoms with Gasteiger partial charge in [0, 0.05) is 5.25 Å². The van der Waals surface area contributed by atoms with E-state index in [4.69, 9.17) is 0 Å². The van der Waals surface area contributed by atoms with Crippen LogP contribution in [-0.4, -0.2) is 32.9 Å². The molecule has 2 aromatic rings. The van der Waals surface area contributed by atoms with Crippen molar-refractivity contribution in [1.82, 2.24) is 14.6 Å². The van der Waals surface area contributed by atoms with E-state index in [-0.39, 0.29) is 21.6 Å². The Balaban J connectivity index is 2.15. The number of pyridine rings is 1. The Hall–Kier alpha value is -1.77. The normalized spacial score (nSPS) is 16.2. The fraction of sp³-hybridized carbons (Fsp3) is 0.500. The fourth-order valence-electron chi connectivity index (χ4n) is 2.70. The largest absolute Gasteiger partial charge is 0.465 e. The van der Waals surface area contributed by atoms with Crippen molar-refractivity contribution in [1.29, 1.82) is 0 Å². The summed E-state index contributed by atoms with van der Waals surface area (Å²) in [5.41, 5.74) is -1.07. The average Bonchev–Trinajstić information content (AvgIpc) is 3.15. The lowest BCUT2D eigenvalue weighted by Crippen LogP contribution is -2.15. The number of hydrogen-bond donors (Lipinski definition) is 0. The van der Waals surface area contributed by atoms with Crippen LogP contribution in [0.1, 0.15) is 41.7 Å². The number of carbonyl (C=O) groups is 1. The van der Waals surface area contributed by atoms with Crippen molar-refractivity contribution in [2.45, 2.75) is 42.3 Å². The molecule has 1 saturated carbocycles. The second-order valence-corrected chi connectivity index (χ2v) is 6.56. The molecule has 3 rings (SSSR count). The molecule has 0 radical (unpaired) electrons. The number of esters is 1. The van der Waals surface area contributed by atoms with Gasteiger partial charge in [0.25, 0.3) is 0 Å². The van der Waals surface area contributed by atoms with Gasteiger partial charge in [-0.05, 0) is 25.0 Å². The van der Waals surface area contributed by atoms with Gasteiger partial charge in [0.05, 0.1) is 7.11 Å². The lowest BCUT2D eigenvalue weighted by atomic mass is 10.2. The second kappa shape index (κ2) is 6.03. The number of carbonyl (C=O) groups excluding carboxylic acids is 1. The minimum atomic E-state index is -4.57. The maximum absolute atomic E-state index is 13.3. The van der Waals surface area contributed by atoms with Crippen molar-refractivity contribution < 1.29 is 22.7 Å². The highest BCUT2D eigenvalue weighted by atomic mass is 32.2. The Morgan fingerprint density at radius 3 is 2.61 bits per heavy atom. The van der Waals surface area contributed by atoms with Crippen LogP contribution in [0.15, 0.2) is 17.3 Å². The lowest BCUT2D eigenvalue weighted by molar-refractivity contribution is -0.142. The summed E-state index contributed by atoms with van der Waals surface area (Å²) in [7, 11) is 1.17. The second-order valence-electron chi connectivity index (χ2n) is 5.29. The molecule has 0 aromatic carbocycles. The standard InChI is InChI=1S/C14H14F3N3O2S/c1-22-12(21)9-6-7-10(14(15,16)17)20-11(9)18-19-13(20)23-8-4-2-3-5-8/h6-8H,2-5H2,1H3. The third-order valence-corrected chi connectivity index (χ3v) is 5.07. The average molecular weight is 345 g/mol. The van der Waals surface area contributed by atoms with Gasteiger partial charge in [-0.15, -0.1) is 10.2 Å². The zero-order valence-corrected chi connectivity index (χ0v) is 13.1. The minimum absolute atomic E-state index is 0.0359. The lowest BCUT2D eigenvalue weighted by Gasteiger charge is -2.13. The molecule has 0 saturated heterocycles. The number of hydrogen-bond acceptors (Lipinski definition) is 5. The summed E-state index contributed by atoms with van der Waals surface area (Å²) in [6.07, 6.45) is -0.558. The number of fused-ring (bicyclic) bond motifs is 1. The molecule has 0 amide bonds. The SMILES string of the molecule is COC(=O)c1ccc(C(F)(F)F)n2c(SC3CCCC3)nnc12. The van der Waals surface area contributed by atoms with Crippen LogP contribution in [0, 0.1) is 0 Å². The van der Waals surface area contributed by atoms with E-state index in [1.165, 1.54) is 18.9 Å². The van der Waals surface area contributed by atoms with Crippen molar-refractivity contribution in [2.24, 2.45) is 0 Å². The first-order chi connectivity index (χ1) is 10.9. The van der Waals surface area contributed by atoms with Crippen molar-refractivity contribution in [3.8, 4) is 0 Å². The molecule has 2 aromatic heterocycles. The van der Waals surface area contributed by atoms with Crippen molar-refractivity contribution >= 4 is 23.4 Å². The molecule has 23 heavy (non-hydrogen) atoms. The Kier molecular flexibility index (Phi) is 4.22. The number of nitrogens with zero attached hydrogens (tertiary/aromatic N) is 3. The van der Waals surface area contributed by atoms with Crippen LogP contribution in [0.2, 0.25) is 0 Å². The van der Waals surface area contributed by atoms with Gasteiger partial charge < -0.3 is 4.74 Å². The molecule has 0 atom stereocenters. The molecular formula is C14H14F3N3O2S. The maximum Gasteiger partial charge on any atom is 0.431 e. The summed E-state index contributed by atoms with van der Waals surface area (Å²) in [5, 5.41) is 8.06. The number of halogens is 3. The number of thioether (sulfide) groups is 1. The van der Waals surface area contributed by atoms with E-state index in [1.807, 2.05) is 0 Å². The van der Waals surface area contributed by atoms with Crippen LogP contribution >= 0.6 is 11.8 Å². The van der Waals surface area contributed by atoms with Crippen LogP contribution in [-0.2, 0) is 10.9 Å². The monoisotopic (exact) mass is 345 g/mol. The molecule has 9 heteroatoms. The first-order valence-electron chi connectivity index (χ1n) is 7.12. The third kappa shape index (κ3) is 3.01. The van der Waals surface area contributed by atoms with E-state index < -0.39 is 17.8 Å². The smallest absolute Gasteiger partial charge is 0.431 e. The van der Waals surface area contributed by atoms with Crippen molar-refractivity contribution in [3.63, 3.8) is 0 Å². The molecule has 0 unspecified atom stereocenters. The zero-order chi connectivity index (χ0) is 16.6. The minimum Gasteiger partial charge on any atom is -0.465 e. The number of alkyl halides is 3. The first-order valence-corrected chi connectivity index (χ1v) is 8.00. The Bertz CT molecular complexity index is 739. The fourth-order valence-corrected chi connectivity index (χ4v) is 3.94. The highest BCUT2D eigenvalue weighted by Gasteiger charge is 2.36. The summed E-state index contributed by atoms with van der Waals surface area (Å²) in [6.45, 7) is 0. The zero-order valence-electron chi connectivity index (χ0n) is 12.3. The summed E-state index contributed by atoms with van der Waals surface area (Å²) in [5.74, 6) is -0.742. The Morgan fingerprint density at radius 2 is 2.00 bits per heavy atom. The molecular weight excluding hydrogens is 331 g/mol. The maximum atomic E-state index is 13.3. The summed E-state index contributed by atoms with van der Waals surface area (Å²) in [4.78, 5) is 11.8. The van der Waals surface area contributed by atoms with Crippen LogP contribution in [0.3, 0.4) is 0 Å². The molecule has 1 aliphatic rings. The van der Waals surface area contributed by atoms with E-state index in [0.717, 1.165) is 42.2 Å². The van der Waals surface area contributed by atoms with E-state index in [1.54, 1.807) is 0 Å². The molecule has 1 aliphatic carbocycles. The first kappa shape index (κ1) is 16.1. The quantitative estimate of drug-likeness (QED) is 0.796. The van der Waals surface area contributed by atoms with E-state index in [0.29, 0.717) is 0 Å².